The van der Waals surface area contributed by atoms with E-state index >= 15 is 0 Å². The largest absolute Gasteiger partial charge is 0.292 e. The second-order valence-corrected chi connectivity index (χ2v) is 8.49. The van der Waals surface area contributed by atoms with Crippen LogP contribution in [-0.4, -0.2) is 17.6 Å². The molecule has 0 bridgehead atoms. The summed E-state index contributed by atoms with van der Waals surface area (Å²) in [5.41, 5.74) is 1.51. The smallest absolute Gasteiger partial charge is 0.198 e. The van der Waals surface area contributed by atoms with Gasteiger partial charge in [-0.25, -0.2) is 0 Å². The molecule has 0 saturated carbocycles. The molecule has 0 radical (unpaired) electrons. The van der Waals surface area contributed by atoms with Crippen molar-refractivity contribution in [1.82, 2.24) is 9.19 Å². The predicted octanol–water partition coefficient (Wildman–Crippen LogP) is 3.61. The van der Waals surface area contributed by atoms with Crippen LogP contribution in [0.15, 0.2) is 62.7 Å². The van der Waals surface area contributed by atoms with Gasteiger partial charge in [-0.1, -0.05) is 30.3 Å². The minimum absolute atomic E-state index is 0.257. The lowest BCUT2D eigenvalue weighted by molar-refractivity contribution is 0.582. The Bertz CT molecular complexity index is 838. The van der Waals surface area contributed by atoms with Crippen LogP contribution >= 0.6 is 27.3 Å². The monoisotopic (exact) mass is 368 g/mol. The molecule has 0 spiro atoms. The maximum atomic E-state index is 12.4. The minimum Gasteiger partial charge on any atom is -0.198 e. The zero-order chi connectivity index (χ0) is 14.2. The minimum atomic E-state index is -3.61. The number of thiophene rings is 1. The summed E-state index contributed by atoms with van der Waals surface area (Å²) in [7, 11) is -3.61. The van der Waals surface area contributed by atoms with E-state index in [9.17, 15) is 8.42 Å². The van der Waals surface area contributed by atoms with Gasteiger partial charge in [0, 0.05) is 11.8 Å². The predicted molar refractivity (Wildman–Crippen MR) is 82.3 cm³/mol. The summed E-state index contributed by atoms with van der Waals surface area (Å²) in [5, 5.41) is 4.16. The molecule has 20 heavy (non-hydrogen) atoms. The maximum Gasteiger partial charge on any atom is 0.292 e. The number of hydrogen-bond donors (Lipinski definition) is 0. The van der Waals surface area contributed by atoms with Gasteiger partial charge in [-0.15, -0.1) is 11.3 Å². The fraction of sp³-hybridized carbons (Fsp3) is 0. The summed E-state index contributed by atoms with van der Waals surface area (Å²) in [4.78, 5) is 0. The molecule has 2 heterocycles. The van der Waals surface area contributed by atoms with Crippen molar-refractivity contribution in [2.45, 2.75) is 4.21 Å². The van der Waals surface area contributed by atoms with Gasteiger partial charge < -0.3 is 0 Å². The molecule has 0 aliphatic carbocycles. The third-order valence-electron chi connectivity index (χ3n) is 2.68. The normalized spacial score (nSPS) is 11.7. The number of benzene rings is 1. The molecule has 1 aromatic carbocycles. The van der Waals surface area contributed by atoms with Crippen LogP contribution < -0.4 is 0 Å². The quantitative estimate of drug-likeness (QED) is 0.709. The summed E-state index contributed by atoms with van der Waals surface area (Å²) in [6.07, 6.45) is 1.46. The molecule has 0 aliphatic rings. The highest BCUT2D eigenvalue weighted by molar-refractivity contribution is 9.11. The van der Waals surface area contributed by atoms with Crippen LogP contribution in [0.1, 0.15) is 0 Å². The van der Waals surface area contributed by atoms with Crippen LogP contribution in [0.5, 0.6) is 0 Å². The van der Waals surface area contributed by atoms with Gasteiger partial charge in [0.05, 0.1) is 9.48 Å². The lowest BCUT2D eigenvalue weighted by Crippen LogP contribution is -2.12. The molecule has 4 nitrogen and oxygen atoms in total. The molecule has 2 aromatic heterocycles. The average Bonchev–Trinajstić information content (AvgIpc) is 3.09. The van der Waals surface area contributed by atoms with Crippen LogP contribution in [-0.2, 0) is 10.0 Å². The van der Waals surface area contributed by atoms with Crippen LogP contribution in [0.2, 0.25) is 0 Å². The molecule has 0 saturated heterocycles. The second kappa shape index (κ2) is 5.16. The fourth-order valence-corrected chi connectivity index (χ4v) is 4.93. The Labute approximate surface area is 128 Å². The molecule has 0 amide bonds. The lowest BCUT2D eigenvalue weighted by atomic mass is 10.2. The molecule has 0 N–H and O–H groups in total. The van der Waals surface area contributed by atoms with Gasteiger partial charge in [-0.05, 0) is 34.1 Å². The van der Waals surface area contributed by atoms with Gasteiger partial charge in [0.1, 0.15) is 4.21 Å². The van der Waals surface area contributed by atoms with E-state index in [1.807, 2.05) is 30.3 Å². The Morgan fingerprint density at radius 2 is 1.80 bits per heavy atom. The average molecular weight is 369 g/mol. The maximum absolute atomic E-state index is 12.4. The van der Waals surface area contributed by atoms with Gasteiger partial charge in [0.15, 0.2) is 0 Å². The van der Waals surface area contributed by atoms with Crippen molar-refractivity contribution < 1.29 is 8.42 Å². The number of hydrogen-bond acceptors (Lipinski definition) is 4. The topological polar surface area (TPSA) is 52.0 Å². The molecule has 3 aromatic rings. The van der Waals surface area contributed by atoms with Crippen LogP contribution in [0.3, 0.4) is 0 Å². The standard InChI is InChI=1S/C13H9BrN2O2S2/c14-12-6-7-13(19-12)20(17,18)16-9-8-11(15-16)10-4-2-1-3-5-10/h1-9H. The van der Waals surface area contributed by atoms with Crippen molar-refractivity contribution in [3.05, 3.63) is 58.5 Å². The fourth-order valence-electron chi connectivity index (χ4n) is 1.73. The Morgan fingerprint density at radius 1 is 1.05 bits per heavy atom. The summed E-state index contributed by atoms with van der Waals surface area (Å²) in [6.45, 7) is 0. The van der Waals surface area contributed by atoms with Crippen molar-refractivity contribution in [2.75, 3.05) is 0 Å². The van der Waals surface area contributed by atoms with E-state index < -0.39 is 10.0 Å². The molecule has 0 unspecified atom stereocenters. The van der Waals surface area contributed by atoms with E-state index in [0.717, 1.165) is 24.8 Å². The molecule has 0 aliphatic heterocycles. The van der Waals surface area contributed by atoms with E-state index in [1.54, 1.807) is 18.2 Å². The van der Waals surface area contributed by atoms with E-state index in [1.165, 1.54) is 6.20 Å². The molecule has 0 fully saturated rings. The van der Waals surface area contributed by atoms with E-state index in [-0.39, 0.29) is 4.21 Å². The molecular weight excluding hydrogens is 360 g/mol. The zero-order valence-corrected chi connectivity index (χ0v) is 13.3. The number of rotatable bonds is 3. The number of nitrogens with zero attached hydrogens (tertiary/aromatic N) is 2. The summed E-state index contributed by atoms with van der Waals surface area (Å²) in [6, 6.07) is 14.4. The first-order valence-electron chi connectivity index (χ1n) is 5.69. The van der Waals surface area contributed by atoms with Crippen LogP contribution in [0.25, 0.3) is 11.3 Å². The summed E-state index contributed by atoms with van der Waals surface area (Å²) < 4.78 is 26.8. The van der Waals surface area contributed by atoms with E-state index in [4.69, 9.17) is 0 Å². The summed E-state index contributed by atoms with van der Waals surface area (Å²) in [5.74, 6) is 0. The van der Waals surface area contributed by atoms with Crippen LogP contribution in [0.4, 0.5) is 0 Å². The molecule has 0 atom stereocenters. The van der Waals surface area contributed by atoms with Crippen LogP contribution in [0, 0.1) is 0 Å². The van der Waals surface area contributed by atoms with E-state index in [2.05, 4.69) is 21.0 Å². The Balaban J connectivity index is 2.02. The van der Waals surface area contributed by atoms with Gasteiger partial charge in [-0.2, -0.15) is 17.6 Å². The molecular formula is C13H9BrN2O2S2. The molecule has 102 valence electrons. The third-order valence-corrected chi connectivity index (χ3v) is 6.33. The van der Waals surface area contributed by atoms with Gasteiger partial charge >= 0.3 is 0 Å². The Kier molecular flexibility index (Phi) is 3.49. The van der Waals surface area contributed by atoms with Gasteiger partial charge in [-0.3, -0.25) is 0 Å². The van der Waals surface area contributed by atoms with Crippen molar-refractivity contribution >= 4 is 37.3 Å². The highest BCUT2D eigenvalue weighted by atomic mass is 79.9. The van der Waals surface area contributed by atoms with Gasteiger partial charge in [0.2, 0.25) is 0 Å². The SMILES string of the molecule is O=S(=O)(c1ccc(Br)s1)n1ccc(-c2ccccc2)n1. The first kappa shape index (κ1) is 13.5. The molecule has 7 heteroatoms. The van der Waals surface area contributed by atoms with E-state index in [0.29, 0.717) is 5.69 Å². The van der Waals surface area contributed by atoms with Crippen molar-refractivity contribution in [3.63, 3.8) is 0 Å². The summed E-state index contributed by atoms with van der Waals surface area (Å²) >= 11 is 4.43. The number of aromatic nitrogens is 2. The van der Waals surface area contributed by atoms with Crippen molar-refractivity contribution in [1.29, 1.82) is 0 Å². The highest BCUT2D eigenvalue weighted by Crippen LogP contribution is 2.28. The highest BCUT2D eigenvalue weighted by Gasteiger charge is 2.20. The lowest BCUT2D eigenvalue weighted by Gasteiger charge is -2.00. The Hall–Kier alpha value is -1.44. The van der Waals surface area contributed by atoms with Crippen molar-refractivity contribution in [2.24, 2.45) is 0 Å². The Morgan fingerprint density at radius 3 is 2.45 bits per heavy atom. The number of halogens is 1. The van der Waals surface area contributed by atoms with Gasteiger partial charge in [0.25, 0.3) is 10.0 Å². The zero-order valence-electron chi connectivity index (χ0n) is 10.1. The second-order valence-electron chi connectivity index (χ2n) is 4.00. The van der Waals surface area contributed by atoms with Crippen molar-refractivity contribution in [3.8, 4) is 11.3 Å². The first-order valence-corrected chi connectivity index (χ1v) is 8.74. The first-order chi connectivity index (χ1) is 9.57. The third kappa shape index (κ3) is 2.44. The molecule has 3 rings (SSSR count).